The van der Waals surface area contributed by atoms with Crippen molar-refractivity contribution in [2.45, 2.75) is 76.5 Å². The molecule has 0 radical (unpaired) electrons. The maximum Gasteiger partial charge on any atom is 0.345 e. The molecule has 0 bridgehead atoms. The first-order chi connectivity index (χ1) is 19.2. The van der Waals surface area contributed by atoms with Crippen LogP contribution in [0, 0.1) is 5.92 Å². The van der Waals surface area contributed by atoms with E-state index in [1.165, 1.54) is 6.07 Å². The molecule has 6 nitrogen and oxygen atoms in total. The predicted octanol–water partition coefficient (Wildman–Crippen LogP) is 5.93. The van der Waals surface area contributed by atoms with Gasteiger partial charge in [-0.3, -0.25) is 4.79 Å². The summed E-state index contributed by atoms with van der Waals surface area (Å²) in [7, 11) is 1.82. The van der Waals surface area contributed by atoms with Crippen molar-refractivity contribution in [1.29, 1.82) is 0 Å². The lowest BCUT2D eigenvalue weighted by atomic mass is 9.61. The van der Waals surface area contributed by atoms with Gasteiger partial charge in [0.2, 0.25) is 0 Å². The summed E-state index contributed by atoms with van der Waals surface area (Å²) in [6.45, 7) is 0.414. The van der Waals surface area contributed by atoms with Crippen LogP contribution in [-0.4, -0.2) is 39.8 Å². The molecule has 3 aromatic rings. The summed E-state index contributed by atoms with van der Waals surface area (Å²) >= 11 is 0. The second-order valence-electron chi connectivity index (χ2n) is 11.0. The van der Waals surface area contributed by atoms with Crippen LogP contribution in [0.25, 0.3) is 0 Å². The third-order valence-corrected chi connectivity index (χ3v) is 8.27. The van der Waals surface area contributed by atoms with Gasteiger partial charge in [0.15, 0.2) is 5.78 Å². The lowest BCUT2D eigenvalue weighted by Crippen LogP contribution is -2.49. The first-order valence-corrected chi connectivity index (χ1v) is 13.8. The summed E-state index contributed by atoms with van der Waals surface area (Å²) in [6, 6.07) is 11.2. The van der Waals surface area contributed by atoms with E-state index in [1.807, 2.05) is 38.2 Å². The number of hydrogen-bond donors (Lipinski definition) is 1. The van der Waals surface area contributed by atoms with Crippen LogP contribution < -0.4 is 5.32 Å². The molecule has 1 atom stereocenters. The van der Waals surface area contributed by atoms with Crippen LogP contribution in [0.1, 0.15) is 83.0 Å². The molecule has 0 amide bonds. The molecule has 2 aliphatic rings. The normalized spacial score (nSPS) is 22.2. The summed E-state index contributed by atoms with van der Waals surface area (Å²) < 4.78 is 60.2. The fourth-order valence-electron chi connectivity index (χ4n) is 6.29. The zero-order chi connectivity index (χ0) is 28.4. The molecule has 214 valence electrons. The van der Waals surface area contributed by atoms with Crippen LogP contribution in [0.2, 0.25) is 0 Å². The highest BCUT2D eigenvalue weighted by Gasteiger charge is 2.51. The molecule has 1 aromatic heterocycles. The van der Waals surface area contributed by atoms with Gasteiger partial charge in [-0.05, 0) is 79.5 Å². The molecular weight excluding hydrogens is 524 g/mol. The average molecular weight is 559 g/mol. The Balaban J connectivity index is 1.32. The maximum absolute atomic E-state index is 13.9. The highest BCUT2D eigenvalue weighted by Crippen LogP contribution is 2.50. The number of nitrogens with zero attached hydrogens (tertiary/aromatic N) is 3. The molecule has 40 heavy (non-hydrogen) atoms. The van der Waals surface area contributed by atoms with Gasteiger partial charge >= 0.3 is 6.61 Å². The lowest BCUT2D eigenvalue weighted by Gasteiger charge is -2.46. The van der Waals surface area contributed by atoms with Crippen LogP contribution in [0.5, 0.6) is 0 Å². The Hall–Kier alpha value is -3.11. The van der Waals surface area contributed by atoms with Crippen molar-refractivity contribution in [3.05, 3.63) is 81.9 Å². The molecule has 5 rings (SSSR count). The molecule has 10 heteroatoms. The number of rotatable bonds is 12. The van der Waals surface area contributed by atoms with Crippen LogP contribution >= 0.6 is 0 Å². The van der Waals surface area contributed by atoms with Gasteiger partial charge in [0.05, 0.1) is 11.5 Å². The third kappa shape index (κ3) is 5.56. The minimum atomic E-state index is -2.84. The molecule has 1 heterocycles. The fourth-order valence-corrected chi connectivity index (χ4v) is 6.29. The zero-order valence-corrected chi connectivity index (χ0v) is 22.7. The summed E-state index contributed by atoms with van der Waals surface area (Å²) in [5, 5.41) is 11.5. The molecule has 1 N–H and O–H groups in total. The van der Waals surface area contributed by atoms with Gasteiger partial charge < -0.3 is 14.6 Å². The van der Waals surface area contributed by atoms with E-state index < -0.39 is 24.6 Å². The lowest BCUT2D eigenvalue weighted by molar-refractivity contribution is -0.192. The number of ketones is 1. The number of alkyl halides is 4. The molecule has 0 aliphatic heterocycles. The third-order valence-electron chi connectivity index (χ3n) is 8.27. The van der Waals surface area contributed by atoms with E-state index in [9.17, 15) is 22.4 Å². The first kappa shape index (κ1) is 28.4. The smallest absolute Gasteiger partial charge is 0.320 e. The van der Waals surface area contributed by atoms with Gasteiger partial charge in [0, 0.05) is 30.6 Å². The molecule has 1 saturated carbocycles. The minimum Gasteiger partial charge on any atom is -0.320 e. The van der Waals surface area contributed by atoms with Crippen LogP contribution in [0.15, 0.2) is 42.7 Å². The van der Waals surface area contributed by atoms with E-state index in [0.717, 1.165) is 24.1 Å². The van der Waals surface area contributed by atoms with Crippen molar-refractivity contribution in [2.24, 2.45) is 13.0 Å². The minimum absolute atomic E-state index is 0.0418. The van der Waals surface area contributed by atoms with E-state index in [0.29, 0.717) is 61.2 Å². The number of carbonyl (C=O) groups is 1. The van der Waals surface area contributed by atoms with Crippen molar-refractivity contribution in [3.63, 3.8) is 0 Å². The van der Waals surface area contributed by atoms with Gasteiger partial charge in [-0.15, -0.1) is 10.2 Å². The van der Waals surface area contributed by atoms with Crippen molar-refractivity contribution >= 4 is 5.78 Å². The monoisotopic (exact) mass is 558 g/mol. The number of aryl methyl sites for hydroxylation is 2. The van der Waals surface area contributed by atoms with Crippen molar-refractivity contribution in [3.8, 4) is 0 Å². The Labute approximate surface area is 231 Å². The SMILES string of the molecule is CCCNCc1cc2c(c(C(F)F)c1)CC(CCc1cccc(C3(c4nncn4C)CC(OC(F)F)C3)c1)C2=O. The van der Waals surface area contributed by atoms with Crippen LogP contribution in [-0.2, 0) is 36.6 Å². The number of benzene rings is 2. The Morgan fingerprint density at radius 2 is 1.95 bits per heavy atom. The standard InChI is InChI=1S/C30H34F4N4O2/c1-3-9-35-16-19-11-24-23(25(12-19)27(31)32)13-20(26(24)39)8-7-18-5-4-6-21(10-18)30(28-37-36-17-38(28)2)14-22(15-30)40-29(33)34/h4-6,10-12,17,20,22,27,29,35H,3,7-9,13-16H2,1-2H3. The molecule has 2 aromatic carbocycles. The van der Waals surface area contributed by atoms with E-state index >= 15 is 0 Å². The Kier molecular flexibility index (Phi) is 8.37. The van der Waals surface area contributed by atoms with Crippen molar-refractivity contribution in [2.75, 3.05) is 6.54 Å². The fraction of sp³-hybridized carbons (Fsp3) is 0.500. The largest absolute Gasteiger partial charge is 0.345 e. The van der Waals surface area contributed by atoms with Crippen molar-refractivity contribution in [1.82, 2.24) is 20.1 Å². The second-order valence-corrected chi connectivity index (χ2v) is 11.0. The van der Waals surface area contributed by atoms with Gasteiger partial charge in [0.1, 0.15) is 12.2 Å². The molecule has 0 spiro atoms. The summed E-state index contributed by atoms with van der Waals surface area (Å²) in [5.41, 5.74) is 2.87. The van der Waals surface area contributed by atoms with Gasteiger partial charge in [-0.25, -0.2) is 8.78 Å². The highest BCUT2D eigenvalue weighted by molar-refractivity contribution is 6.02. The summed E-state index contributed by atoms with van der Waals surface area (Å²) in [5.74, 6) is 0.242. The van der Waals surface area contributed by atoms with E-state index in [-0.39, 0.29) is 17.3 Å². The number of nitrogens with one attached hydrogen (secondary N) is 1. The second kappa shape index (κ2) is 11.8. The van der Waals surface area contributed by atoms with E-state index in [2.05, 4.69) is 15.5 Å². The number of fused-ring (bicyclic) bond motifs is 1. The number of aromatic nitrogens is 3. The molecule has 1 fully saturated rings. The zero-order valence-electron chi connectivity index (χ0n) is 22.7. The van der Waals surface area contributed by atoms with Crippen LogP contribution in [0.3, 0.4) is 0 Å². The maximum atomic E-state index is 13.9. The Morgan fingerprint density at radius 3 is 2.62 bits per heavy atom. The average Bonchev–Trinajstić information content (AvgIpc) is 3.47. The number of Topliss-reactive ketones (excluding diaryl/α,β-unsaturated/α-hetero) is 1. The topological polar surface area (TPSA) is 69.0 Å². The van der Waals surface area contributed by atoms with E-state index in [4.69, 9.17) is 4.74 Å². The number of halogens is 4. The van der Waals surface area contributed by atoms with Gasteiger partial charge in [0.25, 0.3) is 6.43 Å². The van der Waals surface area contributed by atoms with Crippen LogP contribution in [0.4, 0.5) is 17.6 Å². The molecular formula is C30H34F4N4O2. The number of hydrogen-bond acceptors (Lipinski definition) is 5. The van der Waals surface area contributed by atoms with Gasteiger partial charge in [-0.2, -0.15) is 8.78 Å². The van der Waals surface area contributed by atoms with E-state index in [1.54, 1.807) is 17.0 Å². The molecule has 0 saturated heterocycles. The number of ether oxygens (including phenoxy) is 1. The predicted molar refractivity (Wildman–Crippen MR) is 142 cm³/mol. The molecule has 1 unspecified atom stereocenters. The Bertz CT molecular complexity index is 1350. The quantitative estimate of drug-likeness (QED) is 0.221. The van der Waals surface area contributed by atoms with Crippen molar-refractivity contribution < 1.29 is 27.1 Å². The summed E-state index contributed by atoms with van der Waals surface area (Å²) in [6.07, 6.45) is 1.43. The molecule has 2 aliphatic carbocycles. The number of carbonyl (C=O) groups excluding carboxylic acids is 1. The summed E-state index contributed by atoms with van der Waals surface area (Å²) in [4.78, 5) is 13.3. The highest BCUT2D eigenvalue weighted by atomic mass is 19.3. The van der Waals surface area contributed by atoms with Gasteiger partial charge in [-0.1, -0.05) is 31.2 Å². The first-order valence-electron chi connectivity index (χ1n) is 13.8. The Morgan fingerprint density at radius 1 is 1.15 bits per heavy atom.